The minimum atomic E-state index is 0.0699. The Bertz CT molecular complexity index is 1040. The lowest BCUT2D eigenvalue weighted by molar-refractivity contribution is 0.282. The van der Waals surface area contributed by atoms with Crippen LogP contribution in [-0.4, -0.2) is 40.4 Å². The number of benzene rings is 2. The van der Waals surface area contributed by atoms with E-state index in [-0.39, 0.29) is 12.6 Å². The molecule has 0 radical (unpaired) electrons. The summed E-state index contributed by atoms with van der Waals surface area (Å²) in [5, 5.41) is 9.34. The molecule has 3 aromatic rings. The van der Waals surface area contributed by atoms with Crippen molar-refractivity contribution in [1.29, 1.82) is 0 Å². The molecule has 148 valence electrons. The lowest BCUT2D eigenvalue weighted by atomic mass is 10.0. The van der Waals surface area contributed by atoms with Crippen molar-refractivity contribution >= 4 is 28.5 Å². The molecule has 3 N–H and O–H groups in total. The third-order valence-corrected chi connectivity index (χ3v) is 5.27. The highest BCUT2D eigenvalue weighted by Crippen LogP contribution is 2.23. The number of aliphatic imine (C=N–C) groups is 1. The van der Waals surface area contributed by atoms with Gasteiger partial charge in [-0.15, -0.1) is 0 Å². The lowest BCUT2D eigenvalue weighted by Crippen LogP contribution is -2.35. The van der Waals surface area contributed by atoms with Gasteiger partial charge in [0.1, 0.15) is 0 Å². The number of nitrogens with two attached hydrogens (primary N) is 1. The fourth-order valence-electron chi connectivity index (χ4n) is 3.60. The average molecular weight is 387 g/mol. The van der Waals surface area contributed by atoms with Crippen molar-refractivity contribution < 1.29 is 5.11 Å². The SMILES string of the molecule is NC=C(C=NC1CCN(c2cccc(CO)c2)CC1)c1cnc2ccccc2n1. The summed E-state index contributed by atoms with van der Waals surface area (Å²) in [6, 6.07) is 16.1. The second-order valence-electron chi connectivity index (χ2n) is 7.19. The van der Waals surface area contributed by atoms with Gasteiger partial charge in [0.2, 0.25) is 0 Å². The molecule has 0 amide bonds. The average Bonchev–Trinajstić information content (AvgIpc) is 2.80. The van der Waals surface area contributed by atoms with Gasteiger partial charge in [-0.2, -0.15) is 0 Å². The van der Waals surface area contributed by atoms with Crippen LogP contribution < -0.4 is 10.6 Å². The number of aromatic nitrogens is 2. The van der Waals surface area contributed by atoms with Crippen molar-refractivity contribution in [2.24, 2.45) is 10.7 Å². The van der Waals surface area contributed by atoms with E-state index in [2.05, 4.69) is 27.0 Å². The first-order valence-corrected chi connectivity index (χ1v) is 9.89. The summed E-state index contributed by atoms with van der Waals surface area (Å²) in [4.78, 5) is 16.2. The summed E-state index contributed by atoms with van der Waals surface area (Å²) in [5.74, 6) is 0. The van der Waals surface area contributed by atoms with E-state index in [1.54, 1.807) is 6.20 Å². The van der Waals surface area contributed by atoms with E-state index in [4.69, 9.17) is 10.7 Å². The van der Waals surface area contributed by atoms with Gasteiger partial charge in [0, 0.05) is 36.8 Å². The summed E-state index contributed by atoms with van der Waals surface area (Å²) >= 11 is 0. The van der Waals surface area contributed by atoms with E-state index in [0.717, 1.165) is 59.5 Å². The number of hydrogen-bond acceptors (Lipinski definition) is 6. The highest BCUT2D eigenvalue weighted by atomic mass is 16.3. The molecule has 0 aliphatic carbocycles. The highest BCUT2D eigenvalue weighted by molar-refractivity contribution is 6.09. The first kappa shape index (κ1) is 19.1. The van der Waals surface area contributed by atoms with Gasteiger partial charge < -0.3 is 15.7 Å². The zero-order chi connectivity index (χ0) is 20.1. The molecule has 0 atom stereocenters. The van der Waals surface area contributed by atoms with Gasteiger partial charge >= 0.3 is 0 Å². The first-order valence-electron chi connectivity index (χ1n) is 9.89. The molecule has 0 unspecified atom stereocenters. The Balaban J connectivity index is 1.40. The van der Waals surface area contributed by atoms with Gasteiger partial charge in [-0.05, 0) is 42.7 Å². The molecule has 0 bridgehead atoms. The molecule has 1 aliphatic rings. The Kier molecular flexibility index (Phi) is 5.81. The Morgan fingerprint density at radius 2 is 1.93 bits per heavy atom. The molecule has 2 heterocycles. The van der Waals surface area contributed by atoms with Crippen molar-refractivity contribution in [2.45, 2.75) is 25.5 Å². The number of anilines is 1. The number of piperidine rings is 1. The van der Waals surface area contributed by atoms with Gasteiger partial charge in [-0.1, -0.05) is 24.3 Å². The first-order chi connectivity index (χ1) is 14.3. The molecule has 2 aromatic carbocycles. The zero-order valence-electron chi connectivity index (χ0n) is 16.3. The summed E-state index contributed by atoms with van der Waals surface area (Å²) in [5.41, 5.74) is 11.2. The molecule has 6 heteroatoms. The van der Waals surface area contributed by atoms with E-state index in [1.165, 1.54) is 6.20 Å². The number of nitrogens with zero attached hydrogens (tertiary/aromatic N) is 4. The van der Waals surface area contributed by atoms with E-state index in [1.807, 2.05) is 42.6 Å². The summed E-state index contributed by atoms with van der Waals surface area (Å²) in [6.07, 6.45) is 7.05. The molecule has 6 nitrogen and oxygen atoms in total. The summed E-state index contributed by atoms with van der Waals surface area (Å²) in [7, 11) is 0. The number of aliphatic hydroxyl groups is 1. The number of para-hydroxylation sites is 2. The Hall–Kier alpha value is -3.25. The van der Waals surface area contributed by atoms with Crippen LogP contribution in [0.1, 0.15) is 24.1 Å². The van der Waals surface area contributed by atoms with Crippen molar-refractivity contribution in [3.63, 3.8) is 0 Å². The van der Waals surface area contributed by atoms with Crippen LogP contribution in [0.3, 0.4) is 0 Å². The van der Waals surface area contributed by atoms with Gasteiger partial charge in [0.15, 0.2) is 0 Å². The van der Waals surface area contributed by atoms with Crippen LogP contribution in [0, 0.1) is 0 Å². The van der Waals surface area contributed by atoms with Crippen LogP contribution in [0.4, 0.5) is 5.69 Å². The third kappa shape index (κ3) is 4.43. The quantitative estimate of drug-likeness (QED) is 0.657. The maximum Gasteiger partial charge on any atom is 0.0922 e. The second-order valence-corrected chi connectivity index (χ2v) is 7.19. The maximum atomic E-state index is 9.34. The van der Waals surface area contributed by atoms with E-state index >= 15 is 0 Å². The summed E-state index contributed by atoms with van der Waals surface area (Å²) < 4.78 is 0. The maximum absolute atomic E-state index is 9.34. The number of allylic oxidation sites excluding steroid dienone is 1. The minimum Gasteiger partial charge on any atom is -0.404 e. The second kappa shape index (κ2) is 8.84. The van der Waals surface area contributed by atoms with Crippen LogP contribution in [0.15, 0.2) is 65.9 Å². The van der Waals surface area contributed by atoms with Crippen molar-refractivity contribution in [2.75, 3.05) is 18.0 Å². The monoisotopic (exact) mass is 387 g/mol. The molecule has 0 spiro atoms. The molecule has 1 saturated heterocycles. The number of fused-ring (bicyclic) bond motifs is 1. The fourth-order valence-corrected chi connectivity index (χ4v) is 3.60. The molecule has 4 rings (SSSR count). The van der Waals surface area contributed by atoms with E-state index in [0.29, 0.717) is 0 Å². The zero-order valence-corrected chi connectivity index (χ0v) is 16.3. The number of hydrogen-bond donors (Lipinski definition) is 2. The standard InChI is InChI=1S/C23H25N5O/c24-13-18(23-15-26-21-6-1-2-7-22(21)27-23)14-25-19-8-10-28(11-9-19)20-5-3-4-17(12-20)16-29/h1-7,12-15,19,29H,8-11,16,24H2. The van der Waals surface area contributed by atoms with Crippen LogP contribution in [-0.2, 0) is 6.61 Å². The molecule has 1 aromatic heterocycles. The molecule has 29 heavy (non-hydrogen) atoms. The van der Waals surface area contributed by atoms with E-state index in [9.17, 15) is 5.11 Å². The van der Waals surface area contributed by atoms with Crippen LogP contribution in [0.5, 0.6) is 0 Å². The van der Waals surface area contributed by atoms with Gasteiger partial charge in [-0.25, -0.2) is 4.98 Å². The number of rotatable bonds is 5. The predicted molar refractivity (Wildman–Crippen MR) is 118 cm³/mol. The lowest BCUT2D eigenvalue weighted by Gasteiger charge is -2.32. The Labute approximate surface area is 170 Å². The van der Waals surface area contributed by atoms with Gasteiger partial charge in [-0.3, -0.25) is 9.98 Å². The minimum absolute atomic E-state index is 0.0699. The smallest absolute Gasteiger partial charge is 0.0922 e. The topological polar surface area (TPSA) is 87.6 Å². The highest BCUT2D eigenvalue weighted by Gasteiger charge is 2.18. The molecule has 1 aliphatic heterocycles. The largest absolute Gasteiger partial charge is 0.404 e. The molecule has 1 fully saturated rings. The van der Waals surface area contributed by atoms with E-state index < -0.39 is 0 Å². The predicted octanol–water partition coefficient (Wildman–Crippen LogP) is 3.16. The Morgan fingerprint density at radius 3 is 2.69 bits per heavy atom. The van der Waals surface area contributed by atoms with Crippen molar-refractivity contribution in [1.82, 2.24) is 9.97 Å². The normalized spacial score (nSPS) is 16.0. The van der Waals surface area contributed by atoms with Crippen LogP contribution in [0.2, 0.25) is 0 Å². The van der Waals surface area contributed by atoms with Crippen LogP contribution in [0.25, 0.3) is 16.6 Å². The fraction of sp³-hybridized carbons (Fsp3) is 0.261. The number of aliphatic hydroxyl groups excluding tert-OH is 1. The van der Waals surface area contributed by atoms with Gasteiger partial charge in [0.05, 0.1) is 35.6 Å². The van der Waals surface area contributed by atoms with Crippen molar-refractivity contribution in [3.05, 3.63) is 72.2 Å². The molecular formula is C23H25N5O. The summed E-state index contributed by atoms with van der Waals surface area (Å²) in [6.45, 7) is 1.95. The Morgan fingerprint density at radius 1 is 1.14 bits per heavy atom. The molecular weight excluding hydrogens is 362 g/mol. The van der Waals surface area contributed by atoms with Crippen LogP contribution >= 0.6 is 0 Å². The van der Waals surface area contributed by atoms with Crippen molar-refractivity contribution in [3.8, 4) is 0 Å². The third-order valence-electron chi connectivity index (χ3n) is 5.27. The van der Waals surface area contributed by atoms with Gasteiger partial charge in [0.25, 0.3) is 0 Å². The molecule has 0 saturated carbocycles.